The zero-order valence-electron chi connectivity index (χ0n) is 11.0. The van der Waals surface area contributed by atoms with Gasteiger partial charge in [0, 0.05) is 22.9 Å². The van der Waals surface area contributed by atoms with Crippen LogP contribution < -0.4 is 4.90 Å². The van der Waals surface area contributed by atoms with Crippen LogP contribution in [0.1, 0.15) is 44.6 Å². The third-order valence-corrected chi connectivity index (χ3v) is 4.77. The van der Waals surface area contributed by atoms with Gasteiger partial charge in [0.25, 0.3) is 0 Å². The van der Waals surface area contributed by atoms with Crippen molar-refractivity contribution in [3.63, 3.8) is 0 Å². The summed E-state index contributed by atoms with van der Waals surface area (Å²) >= 11 is 9.59. The fourth-order valence-corrected chi connectivity index (χ4v) is 3.61. The van der Waals surface area contributed by atoms with Crippen molar-refractivity contribution in [2.24, 2.45) is 0 Å². The Morgan fingerprint density at radius 3 is 2.83 bits per heavy atom. The smallest absolute Gasteiger partial charge is 0.0513 e. The molecular weight excluding hydrogens is 310 g/mol. The van der Waals surface area contributed by atoms with E-state index in [2.05, 4.69) is 46.0 Å². The highest BCUT2D eigenvalue weighted by Crippen LogP contribution is 2.32. The Bertz CT molecular complexity index is 394. The molecule has 1 aromatic carbocycles. The van der Waals surface area contributed by atoms with Gasteiger partial charge in [-0.05, 0) is 52.9 Å². The zero-order chi connectivity index (χ0) is 13.0. The van der Waals surface area contributed by atoms with E-state index in [0.29, 0.717) is 11.9 Å². The van der Waals surface area contributed by atoms with Crippen molar-refractivity contribution in [2.75, 3.05) is 11.4 Å². The molecule has 1 heterocycles. The molecule has 0 bridgehead atoms. The summed E-state index contributed by atoms with van der Waals surface area (Å²) in [6.07, 6.45) is 6.58. The molecule has 0 amide bonds. The topological polar surface area (TPSA) is 3.24 Å². The van der Waals surface area contributed by atoms with E-state index in [1.165, 1.54) is 54.4 Å². The summed E-state index contributed by atoms with van der Waals surface area (Å²) in [6, 6.07) is 7.20. The van der Waals surface area contributed by atoms with Crippen molar-refractivity contribution >= 4 is 33.2 Å². The van der Waals surface area contributed by atoms with Crippen molar-refractivity contribution in [3.8, 4) is 0 Å². The van der Waals surface area contributed by atoms with Crippen LogP contribution in [0, 0.1) is 0 Å². The predicted molar refractivity (Wildman–Crippen MR) is 83.6 cm³/mol. The highest BCUT2D eigenvalue weighted by atomic mass is 79.9. The largest absolute Gasteiger partial charge is 0.368 e. The first-order valence-corrected chi connectivity index (χ1v) is 8.20. The number of benzene rings is 1. The second-order valence-corrected chi connectivity index (χ2v) is 6.15. The second kappa shape index (κ2) is 6.81. The van der Waals surface area contributed by atoms with Gasteiger partial charge in [-0.15, -0.1) is 11.6 Å². The molecule has 0 spiro atoms. The third kappa shape index (κ3) is 3.21. The minimum Gasteiger partial charge on any atom is -0.368 e. The van der Waals surface area contributed by atoms with Crippen LogP contribution in [0.15, 0.2) is 22.7 Å². The third-order valence-electron chi connectivity index (χ3n) is 3.82. The highest BCUT2D eigenvalue weighted by molar-refractivity contribution is 9.10. The Kier molecular flexibility index (Phi) is 5.38. The van der Waals surface area contributed by atoms with Crippen molar-refractivity contribution in [2.45, 2.75) is 50.9 Å². The van der Waals surface area contributed by atoms with Gasteiger partial charge in [-0.25, -0.2) is 0 Å². The average molecular weight is 331 g/mol. The highest BCUT2D eigenvalue weighted by Gasteiger charge is 2.21. The molecule has 0 N–H and O–H groups in total. The van der Waals surface area contributed by atoms with Gasteiger partial charge in [-0.2, -0.15) is 0 Å². The first-order valence-electron chi connectivity index (χ1n) is 6.87. The molecule has 100 valence electrons. The number of alkyl halides is 1. The summed E-state index contributed by atoms with van der Waals surface area (Å²) < 4.78 is 1.18. The van der Waals surface area contributed by atoms with Gasteiger partial charge in [0.05, 0.1) is 5.69 Å². The number of rotatable bonds is 3. The maximum atomic E-state index is 5.88. The molecule has 0 aromatic heterocycles. The number of hydrogen-bond donors (Lipinski definition) is 0. The molecule has 0 saturated carbocycles. The quantitative estimate of drug-likeness (QED) is 0.675. The number of hydrogen-bond acceptors (Lipinski definition) is 1. The Balaban J connectivity index is 2.27. The van der Waals surface area contributed by atoms with Crippen LogP contribution in [0.4, 0.5) is 5.69 Å². The first kappa shape index (κ1) is 14.2. The summed E-state index contributed by atoms with van der Waals surface area (Å²) in [5.41, 5.74) is 2.51. The minimum absolute atomic E-state index is 0.579. The number of halogens is 2. The van der Waals surface area contributed by atoms with E-state index in [1.54, 1.807) is 0 Å². The van der Waals surface area contributed by atoms with Gasteiger partial charge in [0.1, 0.15) is 0 Å². The lowest BCUT2D eigenvalue weighted by Gasteiger charge is -2.32. The molecule has 1 saturated heterocycles. The van der Waals surface area contributed by atoms with Gasteiger partial charge in [0.2, 0.25) is 0 Å². The van der Waals surface area contributed by atoms with Crippen molar-refractivity contribution in [3.05, 3.63) is 28.2 Å². The average Bonchev–Trinajstić information content (AvgIpc) is 2.63. The molecular formula is C15H21BrClN. The molecule has 0 aliphatic carbocycles. The molecule has 1 atom stereocenters. The van der Waals surface area contributed by atoms with Crippen molar-refractivity contribution in [1.29, 1.82) is 0 Å². The molecule has 1 aliphatic rings. The monoisotopic (exact) mass is 329 g/mol. The molecule has 1 aromatic rings. The Hall–Kier alpha value is -0.210. The van der Waals surface area contributed by atoms with Gasteiger partial charge in [-0.1, -0.05) is 25.8 Å². The maximum absolute atomic E-state index is 5.88. The van der Waals surface area contributed by atoms with Crippen LogP contribution in [0.5, 0.6) is 0 Å². The summed E-state index contributed by atoms with van der Waals surface area (Å²) in [6.45, 7) is 3.47. The van der Waals surface area contributed by atoms with E-state index < -0.39 is 0 Å². The Labute approximate surface area is 124 Å². The van der Waals surface area contributed by atoms with E-state index in [-0.39, 0.29) is 0 Å². The predicted octanol–water partition coefficient (Wildman–Crippen LogP) is 5.35. The van der Waals surface area contributed by atoms with Crippen LogP contribution in [-0.2, 0) is 5.88 Å². The van der Waals surface area contributed by atoms with Gasteiger partial charge < -0.3 is 4.90 Å². The fraction of sp³-hybridized carbons (Fsp3) is 0.600. The van der Waals surface area contributed by atoms with Gasteiger partial charge >= 0.3 is 0 Å². The van der Waals surface area contributed by atoms with Gasteiger partial charge in [-0.3, -0.25) is 0 Å². The molecule has 0 radical (unpaired) electrons. The SMILES string of the molecule is CCC1CCCCCN1c1ccc(CCl)cc1Br. The molecule has 1 fully saturated rings. The number of nitrogens with zero attached hydrogens (tertiary/aromatic N) is 1. The van der Waals surface area contributed by atoms with E-state index in [1.807, 2.05) is 0 Å². The van der Waals surface area contributed by atoms with Crippen molar-refractivity contribution < 1.29 is 0 Å². The zero-order valence-corrected chi connectivity index (χ0v) is 13.3. The van der Waals surface area contributed by atoms with Crippen molar-refractivity contribution in [1.82, 2.24) is 0 Å². The Morgan fingerprint density at radius 1 is 1.33 bits per heavy atom. The molecule has 2 rings (SSSR count). The molecule has 1 aliphatic heterocycles. The number of anilines is 1. The van der Waals surface area contributed by atoms with Crippen LogP contribution in [0.3, 0.4) is 0 Å². The standard InChI is InChI=1S/C15H21BrClN/c1-2-13-6-4-3-5-9-18(13)15-8-7-12(11-17)10-14(15)16/h7-8,10,13H,2-6,9,11H2,1H3. The molecule has 1 nitrogen and oxygen atoms in total. The van der Waals surface area contributed by atoms with Gasteiger partial charge in [0.15, 0.2) is 0 Å². The van der Waals surface area contributed by atoms with Crippen LogP contribution in [-0.4, -0.2) is 12.6 Å². The van der Waals surface area contributed by atoms with Crippen LogP contribution >= 0.6 is 27.5 Å². The summed E-state index contributed by atoms with van der Waals surface area (Å²) in [5, 5.41) is 0. The molecule has 1 unspecified atom stereocenters. The first-order chi connectivity index (χ1) is 8.76. The second-order valence-electron chi connectivity index (χ2n) is 5.02. The lowest BCUT2D eigenvalue weighted by atomic mass is 10.1. The maximum Gasteiger partial charge on any atom is 0.0513 e. The van der Waals surface area contributed by atoms with Crippen LogP contribution in [0.2, 0.25) is 0 Å². The summed E-state index contributed by atoms with van der Waals surface area (Å²) in [5.74, 6) is 0.579. The minimum atomic E-state index is 0.579. The molecule has 3 heteroatoms. The normalized spacial score (nSPS) is 20.8. The Morgan fingerprint density at radius 2 is 2.17 bits per heavy atom. The lowest BCUT2D eigenvalue weighted by Crippen LogP contribution is -2.34. The summed E-state index contributed by atoms with van der Waals surface area (Å²) in [4.78, 5) is 2.58. The van der Waals surface area contributed by atoms with E-state index in [4.69, 9.17) is 11.6 Å². The molecule has 18 heavy (non-hydrogen) atoms. The summed E-state index contributed by atoms with van der Waals surface area (Å²) in [7, 11) is 0. The fourth-order valence-electron chi connectivity index (χ4n) is 2.79. The van der Waals surface area contributed by atoms with E-state index in [0.717, 1.165) is 0 Å². The lowest BCUT2D eigenvalue weighted by molar-refractivity contribution is 0.555. The van der Waals surface area contributed by atoms with Crippen LogP contribution in [0.25, 0.3) is 0 Å². The van der Waals surface area contributed by atoms with E-state index >= 15 is 0 Å². The van der Waals surface area contributed by atoms with E-state index in [9.17, 15) is 0 Å².